The molecule has 236 valence electrons. The molecule has 0 spiro atoms. The van der Waals surface area contributed by atoms with Crippen LogP contribution in [0.2, 0.25) is 0 Å². The number of benzene rings is 1. The third-order valence-electron chi connectivity index (χ3n) is 6.81. The standard InChI is InChI=1S/C27H31F6N5O5/c1-26(2,3)43-25(41)34-16(10-15-11-18(29)19(30)13-17(15)28)12-21(39)37-4-5-38-20(14-37)22(35-24(38)27(31,32)33)23(40)36-6-8-42-9-7-36/h11,13,16H,4-10,12,14H2,1-3H3,(H,34,41). The van der Waals surface area contributed by atoms with E-state index >= 15 is 0 Å². The average Bonchev–Trinajstić information content (AvgIpc) is 3.30. The fraction of sp³-hybridized carbons (Fsp3) is 0.556. The van der Waals surface area contributed by atoms with Crippen molar-refractivity contribution in [2.24, 2.45) is 0 Å². The summed E-state index contributed by atoms with van der Waals surface area (Å²) in [5.41, 5.74) is -1.79. The molecule has 2 aliphatic heterocycles. The van der Waals surface area contributed by atoms with Gasteiger partial charge in [0.05, 0.1) is 25.5 Å². The van der Waals surface area contributed by atoms with E-state index in [4.69, 9.17) is 9.47 Å². The van der Waals surface area contributed by atoms with E-state index in [0.717, 1.165) is 4.57 Å². The van der Waals surface area contributed by atoms with Crippen molar-refractivity contribution in [3.8, 4) is 0 Å². The lowest BCUT2D eigenvalue weighted by Crippen LogP contribution is -2.46. The lowest BCUT2D eigenvalue weighted by Gasteiger charge is -2.32. The summed E-state index contributed by atoms with van der Waals surface area (Å²) >= 11 is 0. The summed E-state index contributed by atoms with van der Waals surface area (Å²) in [4.78, 5) is 45.2. The Morgan fingerprint density at radius 2 is 1.63 bits per heavy atom. The molecule has 0 bridgehead atoms. The highest BCUT2D eigenvalue weighted by molar-refractivity contribution is 5.94. The summed E-state index contributed by atoms with van der Waals surface area (Å²) < 4.78 is 94.5. The summed E-state index contributed by atoms with van der Waals surface area (Å²) in [6.07, 6.45) is -6.75. The van der Waals surface area contributed by atoms with Crippen molar-refractivity contribution in [3.05, 3.63) is 52.4 Å². The maximum Gasteiger partial charge on any atom is 0.449 e. The van der Waals surface area contributed by atoms with Crippen molar-refractivity contribution in [1.29, 1.82) is 0 Å². The number of ether oxygens (including phenoxy) is 2. The minimum absolute atomic E-state index is 0.105. The minimum atomic E-state index is -4.86. The molecule has 0 aliphatic carbocycles. The zero-order chi connectivity index (χ0) is 31.7. The smallest absolute Gasteiger partial charge is 0.444 e. The van der Waals surface area contributed by atoms with Crippen LogP contribution in [0, 0.1) is 17.5 Å². The molecular formula is C27H31F6N5O5. The van der Waals surface area contributed by atoms with Crippen molar-refractivity contribution in [3.63, 3.8) is 0 Å². The Morgan fingerprint density at radius 1 is 0.977 bits per heavy atom. The van der Waals surface area contributed by atoms with Gasteiger partial charge in [-0.3, -0.25) is 9.59 Å². The molecule has 1 unspecified atom stereocenters. The number of imidazole rings is 1. The number of aromatic nitrogens is 2. The first-order valence-electron chi connectivity index (χ1n) is 13.5. The van der Waals surface area contributed by atoms with Gasteiger partial charge < -0.3 is 29.2 Å². The highest BCUT2D eigenvalue weighted by Gasteiger charge is 2.42. The molecular weight excluding hydrogens is 588 g/mol. The summed E-state index contributed by atoms with van der Waals surface area (Å²) in [6.45, 7) is 4.60. The first kappa shape index (κ1) is 32.1. The van der Waals surface area contributed by atoms with Gasteiger partial charge in [0, 0.05) is 44.7 Å². The largest absolute Gasteiger partial charge is 0.449 e. The first-order chi connectivity index (χ1) is 20.0. The van der Waals surface area contributed by atoms with Crippen molar-refractivity contribution in [2.45, 2.75) is 64.5 Å². The SMILES string of the molecule is CC(C)(C)OC(=O)NC(CC(=O)N1CCn2c(C(F)(F)F)nc(C(=O)N3CCOCC3)c2C1)Cc1cc(F)c(F)cc1F. The zero-order valence-electron chi connectivity index (χ0n) is 23.7. The number of rotatable bonds is 6. The summed E-state index contributed by atoms with van der Waals surface area (Å²) in [6, 6.07) is -0.219. The fourth-order valence-electron chi connectivity index (χ4n) is 4.86. The molecule has 1 fully saturated rings. The Balaban J connectivity index is 1.58. The molecule has 1 aromatic carbocycles. The monoisotopic (exact) mass is 619 g/mol. The van der Waals surface area contributed by atoms with E-state index in [-0.39, 0.29) is 50.7 Å². The molecule has 1 atom stereocenters. The molecule has 1 aromatic heterocycles. The van der Waals surface area contributed by atoms with Gasteiger partial charge in [0.1, 0.15) is 11.4 Å². The van der Waals surface area contributed by atoms with Crippen LogP contribution in [0.4, 0.5) is 31.1 Å². The number of halogens is 6. The number of nitrogens with one attached hydrogen (secondary N) is 1. The van der Waals surface area contributed by atoms with Gasteiger partial charge in [0.15, 0.2) is 17.3 Å². The van der Waals surface area contributed by atoms with Crippen molar-refractivity contribution < 1.29 is 50.2 Å². The van der Waals surface area contributed by atoms with Crippen LogP contribution in [0.5, 0.6) is 0 Å². The number of alkyl carbamates (subject to hydrolysis) is 1. The molecule has 1 saturated heterocycles. The van der Waals surface area contributed by atoms with Crippen LogP contribution < -0.4 is 5.32 Å². The predicted octanol–water partition coefficient (Wildman–Crippen LogP) is 3.66. The normalized spacial score (nSPS) is 16.5. The second-order valence-corrected chi connectivity index (χ2v) is 11.2. The van der Waals surface area contributed by atoms with E-state index in [0.29, 0.717) is 12.1 Å². The number of hydrogen-bond donors (Lipinski definition) is 1. The summed E-state index contributed by atoms with van der Waals surface area (Å²) in [5, 5.41) is 2.44. The van der Waals surface area contributed by atoms with Crippen molar-refractivity contribution in [1.82, 2.24) is 24.7 Å². The third kappa shape index (κ3) is 7.77. The number of alkyl halides is 3. The van der Waals surface area contributed by atoms with Crippen LogP contribution in [0.25, 0.3) is 0 Å². The van der Waals surface area contributed by atoms with E-state index in [1.165, 1.54) is 9.80 Å². The second kappa shape index (κ2) is 12.4. The Hall–Kier alpha value is -3.82. The highest BCUT2D eigenvalue weighted by atomic mass is 19.4. The van der Waals surface area contributed by atoms with E-state index in [1.807, 2.05) is 0 Å². The first-order valence-corrected chi connectivity index (χ1v) is 13.5. The van der Waals surface area contributed by atoms with Crippen LogP contribution in [-0.4, -0.2) is 81.7 Å². The number of morpholine rings is 1. The molecule has 3 heterocycles. The van der Waals surface area contributed by atoms with Gasteiger partial charge in [-0.15, -0.1) is 0 Å². The maximum absolute atomic E-state index is 14.4. The molecule has 16 heteroatoms. The molecule has 2 aliphatic rings. The molecule has 0 radical (unpaired) electrons. The number of nitrogens with zero attached hydrogens (tertiary/aromatic N) is 4. The Kier molecular flexibility index (Phi) is 9.27. The van der Waals surface area contributed by atoms with Gasteiger partial charge in [-0.2, -0.15) is 13.2 Å². The highest BCUT2D eigenvalue weighted by Crippen LogP contribution is 2.33. The number of amides is 3. The van der Waals surface area contributed by atoms with Crippen LogP contribution in [-0.2, 0) is 40.0 Å². The number of carbonyl (C=O) groups is 3. The molecule has 4 rings (SSSR count). The molecule has 3 amide bonds. The second-order valence-electron chi connectivity index (χ2n) is 11.2. The third-order valence-corrected chi connectivity index (χ3v) is 6.81. The Morgan fingerprint density at radius 3 is 2.26 bits per heavy atom. The van der Waals surface area contributed by atoms with Gasteiger partial charge in [0.25, 0.3) is 5.91 Å². The van der Waals surface area contributed by atoms with Crippen molar-refractivity contribution in [2.75, 3.05) is 32.8 Å². The molecule has 0 saturated carbocycles. The van der Waals surface area contributed by atoms with Crippen LogP contribution >= 0.6 is 0 Å². The van der Waals surface area contributed by atoms with Gasteiger partial charge in [-0.25, -0.2) is 22.9 Å². The van der Waals surface area contributed by atoms with Crippen LogP contribution in [0.15, 0.2) is 12.1 Å². The van der Waals surface area contributed by atoms with Gasteiger partial charge >= 0.3 is 12.3 Å². The van der Waals surface area contributed by atoms with Gasteiger partial charge in [-0.1, -0.05) is 0 Å². The lowest BCUT2D eigenvalue weighted by molar-refractivity contribution is -0.148. The fourth-order valence-corrected chi connectivity index (χ4v) is 4.86. The number of fused-ring (bicyclic) bond motifs is 1. The van der Waals surface area contributed by atoms with Crippen LogP contribution in [0.3, 0.4) is 0 Å². The predicted molar refractivity (Wildman–Crippen MR) is 137 cm³/mol. The van der Waals surface area contributed by atoms with Crippen LogP contribution in [0.1, 0.15) is 54.8 Å². The quantitative estimate of drug-likeness (QED) is 0.391. The van der Waals surface area contributed by atoms with Gasteiger partial charge in [0.2, 0.25) is 11.7 Å². The average molecular weight is 620 g/mol. The lowest BCUT2D eigenvalue weighted by atomic mass is 10.0. The van der Waals surface area contributed by atoms with Gasteiger partial charge in [-0.05, 0) is 38.8 Å². The Bertz CT molecular complexity index is 1380. The maximum atomic E-state index is 14.4. The number of carbonyl (C=O) groups excluding carboxylic acids is 3. The van der Waals surface area contributed by atoms with E-state index < -0.39 is 84.1 Å². The summed E-state index contributed by atoms with van der Waals surface area (Å²) in [7, 11) is 0. The zero-order valence-corrected chi connectivity index (χ0v) is 23.7. The van der Waals surface area contributed by atoms with E-state index in [1.54, 1.807) is 20.8 Å². The molecule has 43 heavy (non-hydrogen) atoms. The van der Waals surface area contributed by atoms with Crippen molar-refractivity contribution >= 4 is 17.9 Å². The minimum Gasteiger partial charge on any atom is -0.444 e. The van der Waals surface area contributed by atoms with E-state index in [9.17, 15) is 40.7 Å². The topological polar surface area (TPSA) is 106 Å². The molecule has 10 nitrogen and oxygen atoms in total. The number of hydrogen-bond acceptors (Lipinski definition) is 6. The Labute approximate surface area is 242 Å². The van der Waals surface area contributed by atoms with E-state index in [2.05, 4.69) is 10.3 Å². The molecule has 2 aromatic rings. The molecule has 1 N–H and O–H groups in total. The summed E-state index contributed by atoms with van der Waals surface area (Å²) in [5.74, 6) is -6.50.